The summed E-state index contributed by atoms with van der Waals surface area (Å²) in [4.78, 5) is 63.0. The summed E-state index contributed by atoms with van der Waals surface area (Å²) in [5, 5.41) is 42.1. The van der Waals surface area contributed by atoms with Gasteiger partial charge >= 0.3 is 0 Å². The molecule has 0 aliphatic rings. The average Bonchev–Trinajstić information content (AvgIpc) is 2.95. The highest BCUT2D eigenvalue weighted by Crippen LogP contribution is 1.96. The van der Waals surface area contributed by atoms with Crippen molar-refractivity contribution in [1.82, 2.24) is 36.4 Å². The predicted molar refractivity (Wildman–Crippen MR) is 158 cm³/mol. The molecule has 2 atom stereocenters. The molecule has 244 valence electrons. The van der Waals surface area contributed by atoms with Crippen LogP contribution < -0.4 is 26.6 Å². The fourth-order valence-electron chi connectivity index (χ4n) is 3.64. The van der Waals surface area contributed by atoms with Crippen LogP contribution in [-0.4, -0.2) is 151 Å². The molecule has 0 fully saturated rings. The molecule has 0 aliphatic carbocycles. The van der Waals surface area contributed by atoms with Crippen molar-refractivity contribution in [2.75, 3.05) is 84.5 Å². The highest BCUT2D eigenvalue weighted by atomic mass is 35.5. The lowest BCUT2D eigenvalue weighted by atomic mass is 10.3. The van der Waals surface area contributed by atoms with Crippen LogP contribution in [0.3, 0.4) is 0 Å². The zero-order chi connectivity index (χ0) is 31.8. The molecule has 0 rings (SSSR count). The Morgan fingerprint density at radius 1 is 0.619 bits per heavy atom. The lowest BCUT2D eigenvalue weighted by Gasteiger charge is -2.25. The number of hydrogen-bond acceptors (Lipinski definition) is 10. The number of halogens is 1. The van der Waals surface area contributed by atoms with Crippen LogP contribution in [0, 0.1) is 0 Å². The lowest BCUT2D eigenvalue weighted by Crippen LogP contribution is -2.44. The molecule has 0 spiro atoms. The smallest absolute Gasteiger partial charge is 0.229 e. The third kappa shape index (κ3) is 22.1. The Hall–Kier alpha value is -2.56. The molecule has 2 unspecified atom stereocenters. The number of amides is 5. The summed E-state index contributed by atoms with van der Waals surface area (Å²) in [5.74, 6) is -1.86. The van der Waals surface area contributed by atoms with Crippen LogP contribution >= 0.6 is 11.6 Å². The van der Waals surface area contributed by atoms with Crippen molar-refractivity contribution >= 4 is 41.1 Å². The maximum absolute atomic E-state index is 12.2. The quantitative estimate of drug-likeness (QED) is 0.0375. The third-order valence-electron chi connectivity index (χ3n) is 5.86. The maximum atomic E-state index is 12.2. The zero-order valence-corrected chi connectivity index (χ0v) is 25.6. The number of carbonyl (C=O) groups is 5. The molecule has 0 aromatic carbocycles. The fourth-order valence-corrected chi connectivity index (χ4v) is 3.73. The van der Waals surface area contributed by atoms with Gasteiger partial charge in [0.15, 0.2) is 0 Å². The van der Waals surface area contributed by atoms with Gasteiger partial charge in [-0.3, -0.25) is 33.8 Å². The number of carbonyl (C=O) groups excluding carboxylic acids is 5. The van der Waals surface area contributed by atoms with Gasteiger partial charge in [-0.05, 0) is 6.42 Å². The SMILES string of the molecule is CCCNC(=O)CC(=O)NCCN(CCNC(=O)CC(=O)NCCN(CCNC(=O)CC)CC(O)CO)CC(O)CCl. The number of nitrogens with one attached hydrogen (secondary N) is 5. The molecule has 42 heavy (non-hydrogen) atoms. The second kappa shape index (κ2) is 25.0. The van der Waals surface area contributed by atoms with E-state index < -0.39 is 43.0 Å². The minimum absolute atomic E-state index is 0.0107. The van der Waals surface area contributed by atoms with E-state index in [1.54, 1.807) is 16.7 Å². The van der Waals surface area contributed by atoms with E-state index in [9.17, 15) is 34.2 Å². The van der Waals surface area contributed by atoms with Gasteiger partial charge < -0.3 is 41.9 Å². The van der Waals surface area contributed by atoms with E-state index in [2.05, 4.69) is 26.6 Å². The van der Waals surface area contributed by atoms with Crippen molar-refractivity contribution in [2.45, 2.75) is 51.7 Å². The molecule has 15 nitrogen and oxygen atoms in total. The fraction of sp³-hybridized carbons (Fsp3) is 0.808. The number of aliphatic hydroxyl groups excluding tert-OH is 3. The van der Waals surface area contributed by atoms with Crippen LogP contribution in [0.1, 0.15) is 39.5 Å². The van der Waals surface area contributed by atoms with E-state index in [4.69, 9.17) is 16.7 Å². The minimum Gasteiger partial charge on any atom is -0.394 e. The second-order valence-electron chi connectivity index (χ2n) is 9.70. The first-order chi connectivity index (χ1) is 20.0. The van der Waals surface area contributed by atoms with Crippen LogP contribution in [0.25, 0.3) is 0 Å². The highest BCUT2D eigenvalue weighted by molar-refractivity contribution is 6.18. The van der Waals surface area contributed by atoms with E-state index >= 15 is 0 Å². The molecule has 0 aromatic rings. The number of aliphatic hydroxyl groups is 3. The Morgan fingerprint density at radius 2 is 0.976 bits per heavy atom. The van der Waals surface area contributed by atoms with Crippen molar-refractivity contribution in [2.24, 2.45) is 0 Å². The van der Waals surface area contributed by atoms with Gasteiger partial charge in [-0.2, -0.15) is 0 Å². The molecule has 0 aliphatic heterocycles. The summed E-state index contributed by atoms with van der Waals surface area (Å²) in [7, 11) is 0. The van der Waals surface area contributed by atoms with Crippen LogP contribution in [0.5, 0.6) is 0 Å². The van der Waals surface area contributed by atoms with Crippen molar-refractivity contribution < 1.29 is 39.3 Å². The highest BCUT2D eigenvalue weighted by Gasteiger charge is 2.15. The van der Waals surface area contributed by atoms with Crippen LogP contribution in [0.15, 0.2) is 0 Å². The molecule has 5 amide bonds. The van der Waals surface area contributed by atoms with Gasteiger partial charge in [-0.25, -0.2) is 0 Å². The summed E-state index contributed by atoms with van der Waals surface area (Å²) < 4.78 is 0. The number of rotatable bonds is 25. The monoisotopic (exact) mass is 623 g/mol. The molecule has 0 aromatic heterocycles. The van der Waals surface area contributed by atoms with Gasteiger partial charge in [0.2, 0.25) is 29.5 Å². The summed E-state index contributed by atoms with van der Waals surface area (Å²) in [6.07, 6.45) is -1.33. The van der Waals surface area contributed by atoms with Gasteiger partial charge in [0, 0.05) is 84.3 Å². The molecular formula is C26H50ClN7O8. The Kier molecular flexibility index (Phi) is 23.5. The summed E-state index contributed by atoms with van der Waals surface area (Å²) in [6.45, 7) is 6.46. The Labute approximate surface area is 253 Å². The zero-order valence-electron chi connectivity index (χ0n) is 24.8. The first-order valence-electron chi connectivity index (χ1n) is 14.4. The molecule has 0 bridgehead atoms. The van der Waals surface area contributed by atoms with Crippen LogP contribution in [0.2, 0.25) is 0 Å². The first kappa shape index (κ1) is 39.4. The van der Waals surface area contributed by atoms with Gasteiger partial charge in [-0.15, -0.1) is 11.6 Å². The van der Waals surface area contributed by atoms with Crippen molar-refractivity contribution in [3.05, 3.63) is 0 Å². The number of alkyl halides is 1. The molecule has 0 radical (unpaired) electrons. The van der Waals surface area contributed by atoms with Crippen LogP contribution in [-0.2, 0) is 24.0 Å². The third-order valence-corrected chi connectivity index (χ3v) is 6.22. The van der Waals surface area contributed by atoms with Gasteiger partial charge in [0.1, 0.15) is 12.8 Å². The normalized spacial score (nSPS) is 12.5. The molecule has 0 heterocycles. The van der Waals surface area contributed by atoms with E-state index in [1.165, 1.54) is 0 Å². The number of nitrogens with zero attached hydrogens (tertiary/aromatic N) is 2. The Morgan fingerprint density at radius 3 is 1.31 bits per heavy atom. The standard InChI is InChI=1S/C26H50ClN7O8/c1-3-5-28-23(39)14-24(40)30-7-11-33(17-20(36)16-27)12-8-31-25(41)15-26(42)32-9-13-34(18-21(37)19-35)10-6-29-22(38)4-2/h20-21,35-37H,3-19H2,1-2H3,(H,28,39)(H,29,38)(H,30,40)(H,31,41)(H,32,42). The maximum Gasteiger partial charge on any atom is 0.229 e. The van der Waals surface area contributed by atoms with E-state index in [0.29, 0.717) is 45.7 Å². The Bertz CT molecular complexity index is 809. The first-order valence-corrected chi connectivity index (χ1v) is 14.9. The van der Waals surface area contributed by atoms with Crippen molar-refractivity contribution in [3.8, 4) is 0 Å². The largest absolute Gasteiger partial charge is 0.394 e. The van der Waals surface area contributed by atoms with E-state index in [1.807, 2.05) is 6.92 Å². The van der Waals surface area contributed by atoms with Gasteiger partial charge in [-0.1, -0.05) is 13.8 Å². The van der Waals surface area contributed by atoms with Crippen LogP contribution in [0.4, 0.5) is 0 Å². The molecule has 8 N–H and O–H groups in total. The van der Waals surface area contributed by atoms with Crippen molar-refractivity contribution in [1.29, 1.82) is 0 Å². The topological polar surface area (TPSA) is 213 Å². The molecular weight excluding hydrogens is 574 g/mol. The lowest BCUT2D eigenvalue weighted by molar-refractivity contribution is -0.130. The summed E-state index contributed by atoms with van der Waals surface area (Å²) in [6, 6.07) is 0. The second-order valence-corrected chi connectivity index (χ2v) is 10.0. The van der Waals surface area contributed by atoms with E-state index in [0.717, 1.165) is 6.42 Å². The molecule has 0 saturated carbocycles. The van der Waals surface area contributed by atoms with Gasteiger partial charge in [0.25, 0.3) is 0 Å². The predicted octanol–water partition coefficient (Wildman–Crippen LogP) is -3.28. The number of hydrogen-bond donors (Lipinski definition) is 8. The Balaban J connectivity index is 4.48. The molecule has 0 saturated heterocycles. The van der Waals surface area contributed by atoms with E-state index in [-0.39, 0.29) is 56.8 Å². The minimum atomic E-state index is -0.966. The summed E-state index contributed by atoms with van der Waals surface area (Å²) in [5.41, 5.74) is 0. The average molecular weight is 624 g/mol. The molecule has 16 heteroatoms. The summed E-state index contributed by atoms with van der Waals surface area (Å²) >= 11 is 5.71. The van der Waals surface area contributed by atoms with Gasteiger partial charge in [0.05, 0.1) is 18.8 Å². The van der Waals surface area contributed by atoms with Crippen molar-refractivity contribution in [3.63, 3.8) is 0 Å².